The van der Waals surface area contributed by atoms with Gasteiger partial charge in [0.25, 0.3) is 0 Å². The van der Waals surface area contributed by atoms with Crippen LogP contribution in [-0.2, 0) is 13.2 Å². The zero-order valence-electron chi connectivity index (χ0n) is 14.2. The van der Waals surface area contributed by atoms with E-state index in [0.717, 1.165) is 11.1 Å². The van der Waals surface area contributed by atoms with Crippen LogP contribution >= 0.6 is 0 Å². The fourth-order valence-electron chi connectivity index (χ4n) is 2.78. The first-order valence-electron chi connectivity index (χ1n) is 8.04. The summed E-state index contributed by atoms with van der Waals surface area (Å²) in [6.07, 6.45) is 0. The molecule has 1 atom stereocenters. The zero-order chi connectivity index (χ0) is 18.7. The van der Waals surface area contributed by atoms with Gasteiger partial charge in [-0.1, -0.05) is 0 Å². The van der Waals surface area contributed by atoms with Crippen LogP contribution in [0.25, 0.3) is 10.9 Å². The molecule has 0 aliphatic heterocycles. The monoisotopic (exact) mass is 545 g/mol. The molecule has 0 bridgehead atoms. The first kappa shape index (κ1) is 18.7. The molecule has 0 fully saturated rings. The Morgan fingerprint density at radius 3 is 2.58 bits per heavy atom. The van der Waals surface area contributed by atoms with Crippen LogP contribution in [-0.4, -0.2) is 54.9 Å². The predicted octanol–water partition coefficient (Wildman–Crippen LogP) is 1.23. The summed E-state index contributed by atoms with van der Waals surface area (Å²) in [5, 5.41) is 29.6. The number of anilines is 1. The van der Waals surface area contributed by atoms with Gasteiger partial charge >= 0.3 is 167 Å². The van der Waals surface area contributed by atoms with Gasteiger partial charge in [-0.15, -0.1) is 0 Å². The molecule has 0 saturated carbocycles. The molecule has 9 heteroatoms. The van der Waals surface area contributed by atoms with Gasteiger partial charge in [0.15, 0.2) is 0 Å². The van der Waals surface area contributed by atoms with E-state index in [1.54, 1.807) is 8.56 Å². The Balaban J connectivity index is 1.82. The molecule has 0 spiro atoms. The van der Waals surface area contributed by atoms with Crippen molar-refractivity contribution in [1.29, 1.82) is 0 Å². The Kier molecular flexibility index (Phi) is 5.84. The number of aliphatic hydroxyl groups is 2. The number of aliphatic hydroxyl groups excluding tert-OH is 2. The van der Waals surface area contributed by atoms with Crippen LogP contribution in [0.4, 0.5) is 10.6 Å². The first-order chi connectivity index (χ1) is 12.5. The van der Waals surface area contributed by atoms with Crippen LogP contribution in [0.5, 0.6) is 0 Å². The molecule has 132 valence electrons. The summed E-state index contributed by atoms with van der Waals surface area (Å²) in [6.45, 7) is 1.36. The molecule has 8 nitrogen and oxygen atoms in total. The average Bonchev–Trinajstić information content (AvgIpc) is 2.97. The molecule has 2 amide bonds. The van der Waals surface area contributed by atoms with Crippen LogP contribution in [0, 0.1) is 0 Å². The van der Waals surface area contributed by atoms with E-state index in [1.807, 2.05) is 37.3 Å². The minimum atomic E-state index is -0.388. The van der Waals surface area contributed by atoms with E-state index in [-0.39, 0.29) is 25.3 Å². The second kappa shape index (κ2) is 8.10. The van der Waals surface area contributed by atoms with Gasteiger partial charge in [0.05, 0.1) is 0 Å². The standard InChI is InChI=1S/C17H19N5O3.Tl/c1-10(11-5-3-2-4-6-11)18-17(25)20-15-7-12-16(13(8-23)19-15)14(9-24)22-21-12;/h2-7,10,23-24H,8-9H2,1H3,(H3,18,19,20,21,22,25);/q;+1/p-1/t10-;/m1./s1. The van der Waals surface area contributed by atoms with Crippen molar-refractivity contribution in [2.24, 2.45) is 0 Å². The molecule has 0 aliphatic rings. The topological polar surface area (TPSA) is 112 Å². The number of carbonyl (C=O) groups excluding carboxylic acids is 1. The second-order valence-corrected chi connectivity index (χ2v) is 7.69. The Morgan fingerprint density at radius 1 is 1.23 bits per heavy atom. The van der Waals surface area contributed by atoms with Gasteiger partial charge in [-0.05, 0) is 0 Å². The van der Waals surface area contributed by atoms with E-state index in [2.05, 4.69) is 20.7 Å². The number of pyridine rings is 1. The number of rotatable bonds is 5. The number of carbonyl (C=O) groups is 1. The van der Waals surface area contributed by atoms with Gasteiger partial charge in [-0.25, -0.2) is 0 Å². The maximum absolute atomic E-state index is 12.3. The van der Waals surface area contributed by atoms with E-state index in [1.165, 1.54) is 0 Å². The predicted molar refractivity (Wildman–Crippen MR) is 97.5 cm³/mol. The van der Waals surface area contributed by atoms with Crippen molar-refractivity contribution < 1.29 is 15.0 Å². The van der Waals surface area contributed by atoms with Crippen molar-refractivity contribution in [1.82, 2.24) is 17.9 Å². The molecule has 0 saturated heterocycles. The molecule has 0 aliphatic carbocycles. The Bertz CT molecular complexity index is 929. The summed E-state index contributed by atoms with van der Waals surface area (Å²) >= 11 is 0.372. The molecule has 0 unspecified atom stereocenters. The summed E-state index contributed by atoms with van der Waals surface area (Å²) in [7, 11) is 0. The molecule has 2 aromatic heterocycles. The summed E-state index contributed by atoms with van der Waals surface area (Å²) in [5.74, 6) is 0.325. The number of hydrogen-bond acceptors (Lipinski definition) is 5. The van der Waals surface area contributed by atoms with E-state index >= 15 is 0 Å². The summed E-state index contributed by atoms with van der Waals surface area (Å²) in [6, 6.07) is 10.8. The second-order valence-electron chi connectivity index (χ2n) is 5.79. The molecule has 0 radical (unpaired) electrons. The number of fused-ring (bicyclic) bond motifs is 1. The van der Waals surface area contributed by atoms with E-state index in [0.29, 0.717) is 48.7 Å². The van der Waals surface area contributed by atoms with Gasteiger partial charge in [0.1, 0.15) is 0 Å². The van der Waals surface area contributed by atoms with Gasteiger partial charge in [0.2, 0.25) is 0 Å². The van der Waals surface area contributed by atoms with Crippen LogP contribution in [0.3, 0.4) is 0 Å². The fourth-order valence-corrected chi connectivity index (χ4v) is 4.11. The summed E-state index contributed by atoms with van der Waals surface area (Å²) < 4.78 is 1.75. The number of aromatic nitrogens is 3. The van der Waals surface area contributed by atoms with Gasteiger partial charge in [-0.2, -0.15) is 0 Å². The van der Waals surface area contributed by atoms with Crippen LogP contribution in [0.1, 0.15) is 29.9 Å². The van der Waals surface area contributed by atoms with Crippen molar-refractivity contribution in [2.75, 3.05) is 5.32 Å². The average molecular weight is 545 g/mol. The first-order valence-corrected chi connectivity index (χ1v) is 10.0. The molecule has 2 heterocycles. The van der Waals surface area contributed by atoms with Crippen molar-refractivity contribution >= 4 is 48.8 Å². The maximum atomic E-state index is 12.3. The van der Waals surface area contributed by atoms with Crippen molar-refractivity contribution in [3.05, 3.63) is 53.3 Å². The van der Waals surface area contributed by atoms with Crippen molar-refractivity contribution in [2.45, 2.75) is 26.2 Å². The molecular formula is C17H18N5O3Tl. The molecule has 3 aromatic rings. The van der Waals surface area contributed by atoms with E-state index < -0.39 is 0 Å². The van der Waals surface area contributed by atoms with E-state index in [9.17, 15) is 15.0 Å². The number of urea groups is 1. The Hall–Kier alpha value is -2.05. The number of nitrogens with zero attached hydrogens (tertiary/aromatic N) is 3. The zero-order valence-corrected chi connectivity index (χ0v) is 18.7. The third-order valence-electron chi connectivity index (χ3n) is 4.03. The summed E-state index contributed by atoms with van der Waals surface area (Å²) in [5.41, 5.74) is 2.59. The van der Waals surface area contributed by atoms with Crippen molar-refractivity contribution in [3.63, 3.8) is 0 Å². The third kappa shape index (κ3) is 3.86. The molecule has 1 aromatic carbocycles. The molecular weight excluding hydrogens is 527 g/mol. The quantitative estimate of drug-likeness (QED) is 0.361. The minimum absolute atomic E-state index is 0.163. The Labute approximate surface area is 166 Å². The van der Waals surface area contributed by atoms with Crippen LogP contribution in [0.15, 0.2) is 36.4 Å². The molecule has 26 heavy (non-hydrogen) atoms. The third-order valence-corrected chi connectivity index (χ3v) is 5.56. The number of amides is 2. The Morgan fingerprint density at radius 2 is 1.92 bits per heavy atom. The van der Waals surface area contributed by atoms with E-state index in [4.69, 9.17) is 0 Å². The number of hydrogen-bond donors (Lipinski definition) is 4. The number of benzene rings is 1. The van der Waals surface area contributed by atoms with Crippen molar-refractivity contribution in [3.8, 4) is 0 Å². The van der Waals surface area contributed by atoms with Gasteiger partial charge in [0, 0.05) is 0 Å². The summed E-state index contributed by atoms with van der Waals surface area (Å²) in [4.78, 5) is 16.6. The normalized spacial score (nSPS) is 12.1. The van der Waals surface area contributed by atoms with Crippen LogP contribution in [0.2, 0.25) is 0 Å². The molecule has 4 N–H and O–H groups in total. The fraction of sp³-hybridized carbons (Fsp3) is 0.235. The number of nitrogens with one attached hydrogen (secondary N) is 2. The van der Waals surface area contributed by atoms with Gasteiger partial charge < -0.3 is 0 Å². The van der Waals surface area contributed by atoms with Gasteiger partial charge in [-0.3, -0.25) is 0 Å². The SMILES string of the molecule is C[C@@H](NC(=O)Nc1cc2c(c(CO)n1)c(CO)n[n]2[Tl])c1ccccc1. The van der Waals surface area contributed by atoms with Crippen LogP contribution < -0.4 is 10.6 Å². The molecule has 3 rings (SSSR count).